The van der Waals surface area contributed by atoms with Gasteiger partial charge in [0.05, 0.1) is 6.04 Å². The highest BCUT2D eigenvalue weighted by Crippen LogP contribution is 2.10. The van der Waals surface area contributed by atoms with E-state index >= 15 is 0 Å². The van der Waals surface area contributed by atoms with Gasteiger partial charge in [-0.2, -0.15) is 0 Å². The maximum absolute atomic E-state index is 11.8. The maximum atomic E-state index is 11.8. The average Bonchev–Trinajstić information content (AvgIpc) is 2.56. The van der Waals surface area contributed by atoms with Gasteiger partial charge in [-0.25, -0.2) is 0 Å². The van der Waals surface area contributed by atoms with Crippen molar-refractivity contribution in [1.82, 2.24) is 5.32 Å². The zero-order chi connectivity index (χ0) is 18.9. The molecule has 0 aromatic carbocycles. The number of nitrogens with zero attached hydrogens (tertiary/aromatic N) is 1. The summed E-state index contributed by atoms with van der Waals surface area (Å²) >= 11 is 0. The van der Waals surface area contributed by atoms with Crippen LogP contribution >= 0.6 is 24.8 Å². The highest BCUT2D eigenvalue weighted by molar-refractivity contribution is 5.97. The number of aliphatic imine (C=N–C) groups is 1. The number of carbonyl (C=O) groups is 2. The first-order valence-electron chi connectivity index (χ1n) is 9.62. The van der Waals surface area contributed by atoms with Gasteiger partial charge < -0.3 is 17.2 Å². The second-order valence-electron chi connectivity index (χ2n) is 6.55. The third-order valence-electron chi connectivity index (χ3n) is 4.07. The molecule has 0 fully saturated rings. The summed E-state index contributed by atoms with van der Waals surface area (Å²) in [5.41, 5.74) is 16.2. The summed E-state index contributed by atoms with van der Waals surface area (Å²) in [5.74, 6) is -0.646. The lowest BCUT2D eigenvalue weighted by Gasteiger charge is -2.10. The Labute approximate surface area is 176 Å². The summed E-state index contributed by atoms with van der Waals surface area (Å²) in [6.07, 6.45) is 12.1. The van der Waals surface area contributed by atoms with Crippen LogP contribution in [0.2, 0.25) is 0 Å². The van der Waals surface area contributed by atoms with E-state index in [2.05, 4.69) is 17.2 Å². The number of amides is 2. The van der Waals surface area contributed by atoms with Crippen molar-refractivity contribution in [1.29, 1.82) is 0 Å². The Hall–Kier alpha value is -1.05. The Balaban J connectivity index is -0.00000288. The van der Waals surface area contributed by atoms with E-state index < -0.39 is 11.9 Å². The number of halogens is 2. The lowest BCUT2D eigenvalue weighted by atomic mass is 10.1. The Bertz CT molecular complexity index is 405. The summed E-state index contributed by atoms with van der Waals surface area (Å²) in [4.78, 5) is 27.4. The minimum absolute atomic E-state index is 0. The second kappa shape index (κ2) is 21.3. The Morgan fingerprint density at radius 2 is 1.41 bits per heavy atom. The topological polar surface area (TPSA) is 137 Å². The molecule has 27 heavy (non-hydrogen) atoms. The fourth-order valence-electron chi connectivity index (χ4n) is 2.54. The van der Waals surface area contributed by atoms with E-state index in [0.717, 1.165) is 19.3 Å². The smallest absolute Gasteiger partial charge is 0.243 e. The van der Waals surface area contributed by atoms with Crippen LogP contribution < -0.4 is 22.5 Å². The van der Waals surface area contributed by atoms with Crippen LogP contribution in [0.1, 0.15) is 84.0 Å². The maximum Gasteiger partial charge on any atom is 0.243 e. The van der Waals surface area contributed by atoms with Crippen molar-refractivity contribution in [3.05, 3.63) is 0 Å². The van der Waals surface area contributed by atoms with Crippen molar-refractivity contribution in [2.24, 2.45) is 22.2 Å². The van der Waals surface area contributed by atoms with Gasteiger partial charge in [-0.05, 0) is 19.3 Å². The molecule has 0 spiro atoms. The van der Waals surface area contributed by atoms with E-state index in [4.69, 9.17) is 17.2 Å². The van der Waals surface area contributed by atoms with Gasteiger partial charge in [0.25, 0.3) is 0 Å². The third kappa shape index (κ3) is 21.1. The molecule has 2 amide bonds. The fourth-order valence-corrected chi connectivity index (χ4v) is 2.54. The van der Waals surface area contributed by atoms with E-state index in [1.54, 1.807) is 0 Å². The third-order valence-corrected chi connectivity index (χ3v) is 4.07. The molecule has 0 radical (unpaired) electrons. The standard InChI is InChI=1S/C18H37N5O2.2ClH/c1-2-3-4-5-6-7-8-9-10-13-16(24)23-17(25)15(19)12-11-14-22-18(20)21;;/h15H,2-14,19H2,1H3,(H4,20,21,22)(H,23,24,25);2*1H. The van der Waals surface area contributed by atoms with Crippen molar-refractivity contribution in [2.45, 2.75) is 90.0 Å². The number of nitrogens with two attached hydrogens (primary N) is 3. The van der Waals surface area contributed by atoms with Crippen LogP contribution in [0.15, 0.2) is 4.99 Å². The molecule has 0 saturated carbocycles. The Morgan fingerprint density at radius 1 is 0.889 bits per heavy atom. The van der Waals surface area contributed by atoms with E-state index in [0.29, 0.717) is 25.8 Å². The number of imide groups is 1. The molecule has 0 aromatic heterocycles. The van der Waals surface area contributed by atoms with Gasteiger partial charge in [-0.1, -0.05) is 58.3 Å². The molecule has 0 aliphatic heterocycles. The summed E-state index contributed by atoms with van der Waals surface area (Å²) in [6, 6.07) is -0.707. The van der Waals surface area contributed by atoms with Crippen LogP contribution in [0.4, 0.5) is 0 Å². The molecule has 0 aromatic rings. The van der Waals surface area contributed by atoms with Gasteiger partial charge in [-0.15, -0.1) is 24.8 Å². The molecule has 0 rings (SSSR count). The van der Waals surface area contributed by atoms with Crippen LogP contribution in [0.5, 0.6) is 0 Å². The predicted molar refractivity (Wildman–Crippen MR) is 117 cm³/mol. The second-order valence-corrected chi connectivity index (χ2v) is 6.55. The lowest BCUT2D eigenvalue weighted by molar-refractivity contribution is -0.131. The molecule has 0 heterocycles. The highest BCUT2D eigenvalue weighted by Gasteiger charge is 2.15. The van der Waals surface area contributed by atoms with E-state index in [9.17, 15) is 9.59 Å². The molecule has 1 unspecified atom stereocenters. The average molecular weight is 428 g/mol. The minimum atomic E-state index is -0.707. The molecule has 7 nitrogen and oxygen atoms in total. The van der Waals surface area contributed by atoms with Crippen molar-refractivity contribution < 1.29 is 9.59 Å². The summed E-state index contributed by atoms with van der Waals surface area (Å²) in [5, 5.41) is 2.37. The van der Waals surface area contributed by atoms with Crippen LogP contribution in [0.3, 0.4) is 0 Å². The molecule has 162 valence electrons. The van der Waals surface area contributed by atoms with E-state index in [1.165, 1.54) is 38.5 Å². The van der Waals surface area contributed by atoms with Crippen molar-refractivity contribution in [3.8, 4) is 0 Å². The van der Waals surface area contributed by atoms with Crippen LogP contribution in [-0.4, -0.2) is 30.4 Å². The zero-order valence-corrected chi connectivity index (χ0v) is 18.2. The first kappa shape index (κ1) is 30.7. The lowest BCUT2D eigenvalue weighted by Crippen LogP contribution is -2.43. The van der Waals surface area contributed by atoms with Gasteiger partial charge in [0.1, 0.15) is 0 Å². The molecule has 0 saturated heterocycles. The van der Waals surface area contributed by atoms with Gasteiger partial charge >= 0.3 is 0 Å². The first-order valence-corrected chi connectivity index (χ1v) is 9.62. The number of rotatable bonds is 15. The first-order chi connectivity index (χ1) is 12.0. The fraction of sp³-hybridized carbons (Fsp3) is 0.833. The number of hydrogen-bond donors (Lipinski definition) is 4. The zero-order valence-electron chi connectivity index (χ0n) is 16.6. The molecule has 7 N–H and O–H groups in total. The van der Waals surface area contributed by atoms with Gasteiger partial charge in [0.2, 0.25) is 11.8 Å². The van der Waals surface area contributed by atoms with Crippen LogP contribution in [0.25, 0.3) is 0 Å². The number of carbonyl (C=O) groups excluding carboxylic acids is 2. The Kier molecular flexibility index (Phi) is 24.1. The monoisotopic (exact) mass is 427 g/mol. The van der Waals surface area contributed by atoms with Crippen molar-refractivity contribution >= 4 is 42.6 Å². The Morgan fingerprint density at radius 3 is 1.93 bits per heavy atom. The summed E-state index contributed by atoms with van der Waals surface area (Å²) < 4.78 is 0. The van der Waals surface area contributed by atoms with Crippen molar-refractivity contribution in [2.75, 3.05) is 6.54 Å². The molecule has 1 atom stereocenters. The molecule has 0 aliphatic carbocycles. The van der Waals surface area contributed by atoms with Gasteiger partial charge in [0.15, 0.2) is 5.96 Å². The predicted octanol–water partition coefficient (Wildman–Crippen LogP) is 2.77. The molecular weight excluding hydrogens is 389 g/mol. The molecule has 0 bridgehead atoms. The largest absolute Gasteiger partial charge is 0.370 e. The van der Waals surface area contributed by atoms with E-state index in [-0.39, 0.29) is 36.7 Å². The summed E-state index contributed by atoms with van der Waals surface area (Å²) in [7, 11) is 0. The van der Waals surface area contributed by atoms with Crippen molar-refractivity contribution in [3.63, 3.8) is 0 Å². The number of guanidine groups is 1. The number of hydrogen-bond acceptors (Lipinski definition) is 4. The molecule has 9 heteroatoms. The number of unbranched alkanes of at least 4 members (excludes halogenated alkanes) is 8. The van der Waals surface area contributed by atoms with Gasteiger partial charge in [0, 0.05) is 13.0 Å². The SMILES string of the molecule is CCCCCCCCCCCC(=O)NC(=O)C(N)CCCN=C(N)N.Cl.Cl. The minimum Gasteiger partial charge on any atom is -0.370 e. The van der Waals surface area contributed by atoms with E-state index in [1.807, 2.05) is 0 Å². The van der Waals surface area contributed by atoms with Crippen LogP contribution in [0, 0.1) is 0 Å². The molecular formula is C18H39Cl2N5O2. The summed E-state index contributed by atoms with van der Waals surface area (Å²) in [6.45, 7) is 2.64. The quantitative estimate of drug-likeness (QED) is 0.181. The van der Waals surface area contributed by atoms with Crippen LogP contribution in [-0.2, 0) is 9.59 Å². The normalized spacial score (nSPS) is 10.9. The number of nitrogens with one attached hydrogen (secondary N) is 1. The highest BCUT2D eigenvalue weighted by atomic mass is 35.5. The molecule has 0 aliphatic rings. The van der Waals surface area contributed by atoms with Gasteiger partial charge in [-0.3, -0.25) is 19.9 Å².